The molecule has 164 valence electrons. The van der Waals surface area contributed by atoms with Crippen molar-refractivity contribution in [3.8, 4) is 11.5 Å². The molecule has 0 bridgehead atoms. The van der Waals surface area contributed by atoms with Crippen LogP contribution in [0.4, 0.5) is 0 Å². The van der Waals surface area contributed by atoms with Crippen molar-refractivity contribution in [1.29, 1.82) is 0 Å². The van der Waals surface area contributed by atoms with E-state index in [1.165, 1.54) is 18.4 Å². The molecule has 0 saturated heterocycles. The highest BCUT2D eigenvalue weighted by molar-refractivity contribution is 7.96. The third-order valence-electron chi connectivity index (χ3n) is 5.09. The summed E-state index contributed by atoms with van der Waals surface area (Å²) in [6.07, 6.45) is 4.49. The van der Waals surface area contributed by atoms with Gasteiger partial charge in [-0.2, -0.15) is 0 Å². The van der Waals surface area contributed by atoms with Gasteiger partial charge in [0, 0.05) is 15.4 Å². The molecule has 4 heteroatoms. The number of hydrogen-bond donors (Lipinski definition) is 2. The molecule has 0 fully saturated rings. The van der Waals surface area contributed by atoms with Crippen LogP contribution in [0.1, 0.15) is 63.6 Å². The van der Waals surface area contributed by atoms with E-state index in [1.54, 1.807) is 7.11 Å². The van der Waals surface area contributed by atoms with Crippen molar-refractivity contribution in [2.24, 2.45) is 11.8 Å². The van der Waals surface area contributed by atoms with Crippen molar-refractivity contribution in [3.05, 3.63) is 59.2 Å². The molecule has 0 aromatic heterocycles. The lowest BCUT2D eigenvalue weighted by Crippen LogP contribution is -2.03. The molecule has 2 aromatic carbocycles. The van der Waals surface area contributed by atoms with Gasteiger partial charge in [0.1, 0.15) is 11.5 Å². The minimum atomic E-state index is 0.606. The molecule has 0 radical (unpaired) electrons. The third kappa shape index (κ3) is 7.63. The van der Waals surface area contributed by atoms with E-state index in [-0.39, 0.29) is 0 Å². The summed E-state index contributed by atoms with van der Waals surface area (Å²) in [5.74, 6) is 3.02. The molecular formula is C26H36O2S2. The summed E-state index contributed by atoms with van der Waals surface area (Å²) in [4.78, 5) is 1.66. The van der Waals surface area contributed by atoms with Gasteiger partial charge in [-0.05, 0) is 66.5 Å². The summed E-state index contributed by atoms with van der Waals surface area (Å²) in [6, 6.07) is 14.4. The minimum absolute atomic E-state index is 0.606. The van der Waals surface area contributed by atoms with E-state index in [0.29, 0.717) is 12.5 Å². The topological polar surface area (TPSA) is 18.5 Å². The lowest BCUT2D eigenvalue weighted by Gasteiger charge is -2.16. The van der Waals surface area contributed by atoms with Gasteiger partial charge in [0.15, 0.2) is 0 Å². The van der Waals surface area contributed by atoms with Crippen molar-refractivity contribution in [1.82, 2.24) is 0 Å². The highest BCUT2D eigenvalue weighted by Gasteiger charge is 2.13. The molecule has 0 aliphatic carbocycles. The first-order valence-electron chi connectivity index (χ1n) is 10.8. The van der Waals surface area contributed by atoms with Crippen molar-refractivity contribution >= 4 is 35.1 Å². The lowest BCUT2D eigenvalue weighted by molar-refractivity contribution is 0.289. The summed E-state index contributed by atoms with van der Waals surface area (Å²) in [5.41, 5.74) is 3.32. The van der Waals surface area contributed by atoms with Gasteiger partial charge < -0.3 is 9.47 Å². The standard InChI is InChI=1S/C26H36O2S2/c1-18(2)7-6-8-20-9-14-24(28-16-15-19(3)4)23(17-20)26(30)25(29)21-10-12-22(27-5)13-11-21/h9-14,17-19,29-30H,6-8,15-16H2,1-5H3/b26-25-. The Balaban J connectivity index is 2.34. The monoisotopic (exact) mass is 444 g/mol. The van der Waals surface area contributed by atoms with Crippen LogP contribution in [0.25, 0.3) is 9.81 Å². The average Bonchev–Trinajstić information content (AvgIpc) is 2.73. The molecular weight excluding hydrogens is 408 g/mol. The first kappa shape index (κ1) is 24.7. The van der Waals surface area contributed by atoms with E-state index >= 15 is 0 Å². The highest BCUT2D eigenvalue weighted by atomic mass is 32.1. The fourth-order valence-corrected chi connectivity index (χ4v) is 3.75. The normalized spacial score (nSPS) is 12.3. The smallest absolute Gasteiger partial charge is 0.127 e. The number of thiol groups is 2. The summed E-state index contributed by atoms with van der Waals surface area (Å²) < 4.78 is 11.4. The Morgan fingerprint density at radius 3 is 2.13 bits per heavy atom. The van der Waals surface area contributed by atoms with E-state index in [1.807, 2.05) is 24.3 Å². The number of ether oxygens (including phenoxy) is 2. The molecule has 0 N–H and O–H groups in total. The largest absolute Gasteiger partial charge is 0.497 e. The lowest BCUT2D eigenvalue weighted by atomic mass is 10.00. The van der Waals surface area contributed by atoms with Gasteiger partial charge in [-0.15, -0.1) is 25.3 Å². The van der Waals surface area contributed by atoms with Crippen molar-refractivity contribution < 1.29 is 9.47 Å². The summed E-state index contributed by atoms with van der Waals surface area (Å²) in [6.45, 7) is 9.66. The van der Waals surface area contributed by atoms with Gasteiger partial charge in [-0.3, -0.25) is 0 Å². The van der Waals surface area contributed by atoms with Gasteiger partial charge in [0.25, 0.3) is 0 Å². The molecule has 2 aromatic rings. The molecule has 2 rings (SSSR count). The zero-order valence-corrected chi connectivity index (χ0v) is 20.7. The molecule has 0 saturated carbocycles. The van der Waals surface area contributed by atoms with Crippen LogP contribution >= 0.6 is 25.3 Å². The summed E-state index contributed by atoms with van der Waals surface area (Å²) >= 11 is 9.67. The molecule has 30 heavy (non-hydrogen) atoms. The maximum atomic E-state index is 6.15. The molecule has 2 nitrogen and oxygen atoms in total. The minimum Gasteiger partial charge on any atom is -0.497 e. The fourth-order valence-electron chi connectivity index (χ4n) is 3.18. The van der Waals surface area contributed by atoms with Crippen LogP contribution in [-0.4, -0.2) is 13.7 Å². The quantitative estimate of drug-likeness (QED) is 0.272. The molecule has 0 unspecified atom stereocenters. The zero-order chi connectivity index (χ0) is 22.1. The van der Waals surface area contributed by atoms with Gasteiger partial charge in [0.2, 0.25) is 0 Å². The number of hydrogen-bond acceptors (Lipinski definition) is 4. The molecule has 0 atom stereocenters. The van der Waals surface area contributed by atoms with Crippen molar-refractivity contribution in [2.45, 2.75) is 53.4 Å². The summed E-state index contributed by atoms with van der Waals surface area (Å²) in [5, 5.41) is 0. The fraction of sp³-hybridized carbons (Fsp3) is 0.462. The van der Waals surface area contributed by atoms with Gasteiger partial charge in [-0.1, -0.05) is 52.3 Å². The second-order valence-corrected chi connectivity index (χ2v) is 9.47. The Kier molecular flexibility index (Phi) is 10.2. The predicted molar refractivity (Wildman–Crippen MR) is 137 cm³/mol. The number of methoxy groups -OCH3 is 1. The predicted octanol–water partition coefficient (Wildman–Crippen LogP) is 7.78. The maximum Gasteiger partial charge on any atom is 0.127 e. The van der Waals surface area contributed by atoms with E-state index in [9.17, 15) is 0 Å². The SMILES string of the molecule is COc1ccc(/C(S)=C(/S)c2cc(CCCC(C)C)ccc2OCCC(C)C)cc1. The van der Waals surface area contributed by atoms with Crippen LogP contribution in [0.15, 0.2) is 42.5 Å². The summed E-state index contributed by atoms with van der Waals surface area (Å²) in [7, 11) is 1.67. The number of aryl methyl sites for hydroxylation is 1. The average molecular weight is 445 g/mol. The van der Waals surface area contributed by atoms with Crippen LogP contribution in [-0.2, 0) is 6.42 Å². The molecule has 0 heterocycles. The Morgan fingerprint density at radius 2 is 1.53 bits per heavy atom. The van der Waals surface area contributed by atoms with Gasteiger partial charge in [-0.25, -0.2) is 0 Å². The number of benzene rings is 2. The first-order chi connectivity index (χ1) is 14.3. The zero-order valence-electron chi connectivity index (χ0n) is 18.9. The van der Waals surface area contributed by atoms with Gasteiger partial charge >= 0.3 is 0 Å². The molecule has 0 aliphatic heterocycles. The van der Waals surface area contributed by atoms with Crippen LogP contribution < -0.4 is 9.47 Å². The van der Waals surface area contributed by atoms with Crippen LogP contribution in [0.5, 0.6) is 11.5 Å². The Hall–Kier alpha value is -1.52. The second kappa shape index (κ2) is 12.4. The van der Waals surface area contributed by atoms with Crippen LogP contribution in [0, 0.1) is 11.8 Å². The van der Waals surface area contributed by atoms with E-state index in [2.05, 4.69) is 45.9 Å². The van der Waals surface area contributed by atoms with Crippen molar-refractivity contribution in [2.75, 3.05) is 13.7 Å². The highest BCUT2D eigenvalue weighted by Crippen LogP contribution is 2.38. The second-order valence-electron chi connectivity index (χ2n) is 8.57. The Bertz CT molecular complexity index is 823. The van der Waals surface area contributed by atoms with Crippen molar-refractivity contribution in [3.63, 3.8) is 0 Å². The third-order valence-corrected chi connectivity index (χ3v) is 6.21. The molecule has 0 amide bonds. The van der Waals surface area contributed by atoms with E-state index < -0.39 is 0 Å². The van der Waals surface area contributed by atoms with Gasteiger partial charge in [0.05, 0.1) is 13.7 Å². The molecule has 0 aliphatic rings. The molecule has 0 spiro atoms. The Morgan fingerprint density at radius 1 is 0.867 bits per heavy atom. The first-order valence-corrected chi connectivity index (χ1v) is 11.7. The van der Waals surface area contributed by atoms with Crippen LogP contribution in [0.3, 0.4) is 0 Å². The number of rotatable bonds is 11. The van der Waals surface area contributed by atoms with E-state index in [4.69, 9.17) is 34.7 Å². The Labute approximate surface area is 193 Å². The van der Waals surface area contributed by atoms with E-state index in [0.717, 1.165) is 51.2 Å². The van der Waals surface area contributed by atoms with Crippen LogP contribution in [0.2, 0.25) is 0 Å². The maximum absolute atomic E-state index is 6.15.